The van der Waals surface area contributed by atoms with Gasteiger partial charge in [-0.15, -0.1) is 0 Å². The van der Waals surface area contributed by atoms with Crippen molar-refractivity contribution < 1.29 is 17.7 Å². The third kappa shape index (κ3) is 7.21. The maximum atomic E-state index is 6.87. The molecule has 7 aromatic heterocycles. The van der Waals surface area contributed by atoms with E-state index in [0.717, 1.165) is 166 Å². The molecule has 0 atom stereocenters. The van der Waals surface area contributed by atoms with Crippen molar-refractivity contribution in [2.24, 2.45) is 0 Å². The van der Waals surface area contributed by atoms with Crippen LogP contribution in [0, 0.1) is 6.92 Å². The normalized spacial score (nSPS) is 12.4. The first-order valence-electron chi connectivity index (χ1n) is 31.2. The topological polar surface area (TPSA) is 67.3 Å². The SMILES string of the molecule is C=C/C=C\c1c(C)c2c3c(ccc2n1-c1cccc2c1oc1ccccc12)oc1ccc(-c2ccc4oc5c(-c6ccc(-n7c8ccc(-c9ccc%10c(c9)c9ccccc9n%10-c9ccccc9)cc8c8cc9c(cc87)oc7ccccc79)cc6)cccc5c4c2)cc13. The van der Waals surface area contributed by atoms with Gasteiger partial charge in [0, 0.05) is 98.7 Å². The van der Waals surface area contributed by atoms with Crippen molar-refractivity contribution in [2.75, 3.05) is 0 Å². The average Bonchev–Trinajstić information content (AvgIpc) is 1.62. The molecule has 0 aliphatic rings. The Morgan fingerprint density at radius 1 is 0.304 bits per heavy atom. The van der Waals surface area contributed by atoms with Crippen LogP contribution < -0.4 is 0 Å². The average molecular weight is 1180 g/mol. The fourth-order valence-electron chi connectivity index (χ4n) is 15.3. The number of benzene rings is 13. The molecule has 7 heterocycles. The Bertz CT molecular complexity index is 6590. The van der Waals surface area contributed by atoms with Gasteiger partial charge >= 0.3 is 0 Å². The van der Waals surface area contributed by atoms with Gasteiger partial charge < -0.3 is 31.4 Å². The lowest BCUT2D eigenvalue weighted by molar-refractivity contribution is 0.665. The Morgan fingerprint density at radius 3 is 1.57 bits per heavy atom. The van der Waals surface area contributed by atoms with Gasteiger partial charge in [0.15, 0.2) is 5.58 Å². The summed E-state index contributed by atoms with van der Waals surface area (Å²) in [4.78, 5) is 0. The van der Waals surface area contributed by atoms with Crippen LogP contribution in [0.25, 0.3) is 199 Å². The van der Waals surface area contributed by atoms with E-state index in [1.165, 1.54) is 38.1 Å². The van der Waals surface area contributed by atoms with Crippen molar-refractivity contribution in [3.8, 4) is 50.4 Å². The first kappa shape index (κ1) is 50.7. The van der Waals surface area contributed by atoms with Gasteiger partial charge in [0.1, 0.15) is 39.1 Å². The minimum absolute atomic E-state index is 0.835. The maximum absolute atomic E-state index is 6.87. The number of fused-ring (bicyclic) bond motifs is 20. The van der Waals surface area contributed by atoms with E-state index in [-0.39, 0.29) is 0 Å². The summed E-state index contributed by atoms with van der Waals surface area (Å²) in [7, 11) is 0. The van der Waals surface area contributed by atoms with E-state index < -0.39 is 0 Å². The van der Waals surface area contributed by atoms with Crippen LogP contribution in [0.2, 0.25) is 0 Å². The van der Waals surface area contributed by atoms with Crippen molar-refractivity contribution in [2.45, 2.75) is 6.92 Å². The van der Waals surface area contributed by atoms with Crippen LogP contribution in [-0.4, -0.2) is 13.7 Å². The van der Waals surface area contributed by atoms with E-state index in [1.807, 2.05) is 30.4 Å². The number of hydrogen-bond acceptors (Lipinski definition) is 4. The highest BCUT2D eigenvalue weighted by Gasteiger charge is 2.25. The number of rotatable bonds is 8. The molecule has 0 saturated heterocycles. The Balaban J connectivity index is 0.684. The Hall–Kier alpha value is -12.3. The van der Waals surface area contributed by atoms with Gasteiger partial charge in [0.05, 0.1) is 33.3 Å². The summed E-state index contributed by atoms with van der Waals surface area (Å²) in [6.07, 6.45) is 5.97. The zero-order chi connectivity index (χ0) is 60.4. The number of aryl methyl sites for hydroxylation is 1. The van der Waals surface area contributed by atoms with Crippen molar-refractivity contribution >= 4 is 148 Å². The molecule has 92 heavy (non-hydrogen) atoms. The molecule has 20 rings (SSSR count). The molecule has 0 aliphatic heterocycles. The summed E-state index contributed by atoms with van der Waals surface area (Å²) in [6, 6.07) is 93.6. The van der Waals surface area contributed by atoms with Crippen LogP contribution in [-0.2, 0) is 0 Å². The molecule has 0 radical (unpaired) electrons. The predicted molar refractivity (Wildman–Crippen MR) is 381 cm³/mol. The predicted octanol–water partition coefficient (Wildman–Crippen LogP) is 23.9. The summed E-state index contributed by atoms with van der Waals surface area (Å²) in [6.45, 7) is 6.24. The van der Waals surface area contributed by atoms with E-state index in [1.54, 1.807) is 0 Å². The minimum Gasteiger partial charge on any atom is -0.456 e. The fraction of sp³-hybridized carbons (Fsp3) is 0.0118. The van der Waals surface area contributed by atoms with E-state index >= 15 is 0 Å². The van der Waals surface area contributed by atoms with Crippen molar-refractivity contribution in [3.05, 3.63) is 291 Å². The number of hydrogen-bond donors (Lipinski definition) is 0. The molecule has 0 aliphatic carbocycles. The van der Waals surface area contributed by atoms with Crippen molar-refractivity contribution in [3.63, 3.8) is 0 Å². The molecule has 13 aromatic carbocycles. The fourth-order valence-corrected chi connectivity index (χ4v) is 15.3. The first-order valence-corrected chi connectivity index (χ1v) is 31.2. The molecular weight excluding hydrogens is 1130 g/mol. The van der Waals surface area contributed by atoms with Crippen molar-refractivity contribution in [1.29, 1.82) is 0 Å². The smallest absolute Gasteiger partial charge is 0.159 e. The molecular formula is C85H51N3O4. The van der Waals surface area contributed by atoms with E-state index in [0.29, 0.717) is 0 Å². The Labute approximate surface area is 525 Å². The lowest BCUT2D eigenvalue weighted by atomic mass is 9.98. The molecule has 7 heteroatoms. The second-order valence-corrected chi connectivity index (χ2v) is 24.3. The van der Waals surface area contributed by atoms with Gasteiger partial charge in [-0.1, -0.05) is 158 Å². The van der Waals surface area contributed by atoms with Crippen LogP contribution in [0.1, 0.15) is 11.3 Å². The zero-order valence-corrected chi connectivity index (χ0v) is 49.7. The molecule has 0 saturated carbocycles. The summed E-state index contributed by atoms with van der Waals surface area (Å²) < 4.78 is 33.9. The quantitative estimate of drug-likeness (QED) is 0.142. The molecule has 0 spiro atoms. The second kappa shape index (κ2) is 19.1. The van der Waals surface area contributed by atoms with Gasteiger partial charge in [0.25, 0.3) is 0 Å². The molecule has 20 aromatic rings. The standard InChI is InChI=1S/C85H51N3O4/c1-3-4-24-69-49(2)82-73(88(69)74-26-15-23-61-59-19-9-13-28-77(59)92-85(61)74)39-42-80-83(82)68-46-54(34-41-79(68)89-80)53-33-40-78-66(45-53)62-22-14-21-57(84(62)91-78)50-29-35-56(36-30-50)87-72-38-32-52(44-64(72)65-47-67-60-20-10-12-27-76(60)90-81(67)48-75(65)87)51-31-37-71-63(43-51)58-18-8-11-25-70(58)86(71)55-16-6-5-7-17-55/h3-48H,1H2,2H3/b24-4-. The third-order valence-electron chi connectivity index (χ3n) is 19.4. The molecule has 7 nitrogen and oxygen atoms in total. The lowest BCUT2D eigenvalue weighted by Gasteiger charge is -2.10. The molecule has 0 bridgehead atoms. The van der Waals surface area contributed by atoms with Crippen molar-refractivity contribution in [1.82, 2.24) is 13.7 Å². The Kier molecular flexibility index (Phi) is 10.5. The number of nitrogens with zero attached hydrogens (tertiary/aromatic N) is 3. The minimum atomic E-state index is 0.835. The molecule has 0 N–H and O–H groups in total. The summed E-state index contributed by atoms with van der Waals surface area (Å²) >= 11 is 0. The van der Waals surface area contributed by atoms with Crippen LogP contribution in [0.3, 0.4) is 0 Å². The highest BCUT2D eigenvalue weighted by molar-refractivity contribution is 6.23. The van der Waals surface area contributed by atoms with Gasteiger partial charge in [-0.05, 0) is 162 Å². The van der Waals surface area contributed by atoms with Crippen LogP contribution in [0.5, 0.6) is 0 Å². The summed E-state index contributed by atoms with van der Waals surface area (Å²) in [5.41, 5.74) is 24.4. The molecule has 0 unspecified atom stereocenters. The number of para-hydroxylation sites is 6. The van der Waals surface area contributed by atoms with Crippen LogP contribution >= 0.6 is 0 Å². The summed E-state index contributed by atoms with van der Waals surface area (Å²) in [5.74, 6) is 0. The zero-order valence-electron chi connectivity index (χ0n) is 49.7. The van der Waals surface area contributed by atoms with Gasteiger partial charge in [-0.25, -0.2) is 0 Å². The highest BCUT2D eigenvalue weighted by Crippen LogP contribution is 2.46. The number of aromatic nitrogens is 3. The van der Waals surface area contributed by atoms with Crippen LogP contribution in [0.4, 0.5) is 0 Å². The van der Waals surface area contributed by atoms with E-state index in [2.05, 4.69) is 276 Å². The van der Waals surface area contributed by atoms with Gasteiger partial charge in [-0.3, -0.25) is 0 Å². The number of furan rings is 4. The Morgan fingerprint density at radius 2 is 0.804 bits per heavy atom. The molecule has 0 amide bonds. The number of allylic oxidation sites excluding steroid dienone is 2. The van der Waals surface area contributed by atoms with E-state index in [4.69, 9.17) is 17.7 Å². The molecule has 0 fully saturated rings. The highest BCUT2D eigenvalue weighted by atomic mass is 16.3. The van der Waals surface area contributed by atoms with Crippen LogP contribution in [0.15, 0.2) is 297 Å². The summed E-state index contributed by atoms with van der Waals surface area (Å²) in [5, 5.41) is 14.6. The third-order valence-corrected chi connectivity index (χ3v) is 19.4. The van der Waals surface area contributed by atoms with E-state index in [9.17, 15) is 0 Å². The first-order chi connectivity index (χ1) is 45.5. The lowest BCUT2D eigenvalue weighted by Crippen LogP contribution is -1.97. The van der Waals surface area contributed by atoms with Gasteiger partial charge in [0.2, 0.25) is 0 Å². The molecule has 430 valence electrons. The largest absolute Gasteiger partial charge is 0.456 e. The second-order valence-electron chi connectivity index (χ2n) is 24.3. The maximum Gasteiger partial charge on any atom is 0.159 e. The van der Waals surface area contributed by atoms with Gasteiger partial charge in [-0.2, -0.15) is 0 Å². The monoisotopic (exact) mass is 1180 g/mol.